The molecule has 0 unspecified atom stereocenters. The molecule has 0 fully saturated rings. The zero-order valence-corrected chi connectivity index (χ0v) is 13.1. The van der Waals surface area contributed by atoms with E-state index in [0.29, 0.717) is 10.0 Å². The van der Waals surface area contributed by atoms with Gasteiger partial charge in [-0.3, -0.25) is 5.43 Å². The highest BCUT2D eigenvalue weighted by Crippen LogP contribution is 2.34. The van der Waals surface area contributed by atoms with Crippen molar-refractivity contribution in [2.24, 2.45) is 5.10 Å². The highest BCUT2D eigenvalue weighted by Gasteiger charge is 2.18. The monoisotopic (exact) mass is 392 g/mol. The van der Waals surface area contributed by atoms with Crippen molar-refractivity contribution in [2.75, 3.05) is 12.5 Å². The van der Waals surface area contributed by atoms with Crippen LogP contribution in [0.5, 0.6) is 11.5 Å². The summed E-state index contributed by atoms with van der Waals surface area (Å²) in [6.07, 6.45) is 1.12. The predicted molar refractivity (Wildman–Crippen MR) is 79.8 cm³/mol. The summed E-state index contributed by atoms with van der Waals surface area (Å²) in [7, 11) is 1.33. The first-order chi connectivity index (χ1) is 10.8. The van der Waals surface area contributed by atoms with Crippen molar-refractivity contribution in [1.29, 1.82) is 0 Å². The van der Waals surface area contributed by atoms with Crippen molar-refractivity contribution < 1.29 is 27.4 Å². The van der Waals surface area contributed by atoms with Gasteiger partial charge in [0, 0.05) is 6.07 Å². The maximum Gasteiger partial charge on any atom is 0.186 e. The van der Waals surface area contributed by atoms with Crippen molar-refractivity contribution in [2.45, 2.75) is 0 Å². The number of hydrogen-bond acceptors (Lipinski definition) is 4. The number of anilines is 1. The zero-order chi connectivity index (χ0) is 17.1. The van der Waals surface area contributed by atoms with Crippen molar-refractivity contribution in [1.82, 2.24) is 0 Å². The third-order valence-electron chi connectivity index (χ3n) is 2.77. The van der Waals surface area contributed by atoms with Crippen molar-refractivity contribution in [3.63, 3.8) is 0 Å². The van der Waals surface area contributed by atoms with Crippen LogP contribution in [-0.2, 0) is 0 Å². The molecule has 0 aromatic heterocycles. The summed E-state index contributed by atoms with van der Waals surface area (Å²) in [5.74, 6) is -6.28. The van der Waals surface area contributed by atoms with E-state index in [4.69, 9.17) is 4.74 Å². The Morgan fingerprint density at radius 2 is 1.74 bits per heavy atom. The molecule has 0 aliphatic rings. The second-order valence-electron chi connectivity index (χ2n) is 4.27. The van der Waals surface area contributed by atoms with Gasteiger partial charge in [0.1, 0.15) is 5.69 Å². The van der Waals surface area contributed by atoms with Crippen molar-refractivity contribution in [3.05, 3.63) is 51.5 Å². The Labute approximate surface area is 136 Å². The van der Waals surface area contributed by atoms with E-state index in [1.807, 2.05) is 5.43 Å². The van der Waals surface area contributed by atoms with Crippen LogP contribution in [0.4, 0.5) is 23.2 Å². The van der Waals surface area contributed by atoms with Crippen LogP contribution >= 0.6 is 15.9 Å². The normalized spacial score (nSPS) is 11.0. The van der Waals surface area contributed by atoms with Gasteiger partial charge in [-0.25, -0.2) is 17.6 Å². The molecule has 23 heavy (non-hydrogen) atoms. The molecular formula is C14H9BrF4N2O2. The van der Waals surface area contributed by atoms with E-state index in [-0.39, 0.29) is 17.6 Å². The summed E-state index contributed by atoms with van der Waals surface area (Å²) in [5, 5.41) is 13.2. The number of benzene rings is 2. The van der Waals surface area contributed by atoms with E-state index in [0.717, 1.165) is 6.21 Å². The second kappa shape index (κ2) is 6.86. The smallest absolute Gasteiger partial charge is 0.186 e. The maximum atomic E-state index is 13.4. The second-order valence-corrected chi connectivity index (χ2v) is 5.12. The molecule has 0 aliphatic heterocycles. The minimum Gasteiger partial charge on any atom is -0.503 e. The fourth-order valence-electron chi connectivity index (χ4n) is 1.67. The van der Waals surface area contributed by atoms with Crippen LogP contribution in [0, 0.1) is 23.3 Å². The quantitative estimate of drug-likeness (QED) is 0.355. The lowest BCUT2D eigenvalue weighted by Crippen LogP contribution is -2.02. The molecule has 2 rings (SSSR count). The number of aromatic hydroxyl groups is 1. The zero-order valence-electron chi connectivity index (χ0n) is 11.5. The molecule has 2 aromatic rings. The molecular weight excluding hydrogens is 384 g/mol. The highest BCUT2D eigenvalue weighted by molar-refractivity contribution is 9.10. The number of phenolic OH excluding ortho intramolecular Hbond substituents is 1. The molecule has 2 aromatic carbocycles. The number of methoxy groups -OCH3 is 1. The number of hydrogen-bond donors (Lipinski definition) is 2. The lowest BCUT2D eigenvalue weighted by Gasteiger charge is -2.07. The number of hydrazone groups is 1. The van der Waals surface area contributed by atoms with Gasteiger partial charge < -0.3 is 9.84 Å². The molecule has 0 saturated heterocycles. The van der Waals surface area contributed by atoms with Gasteiger partial charge in [-0.2, -0.15) is 5.10 Å². The first kappa shape index (κ1) is 17.1. The Hall–Kier alpha value is -2.29. The van der Waals surface area contributed by atoms with E-state index >= 15 is 0 Å². The van der Waals surface area contributed by atoms with Gasteiger partial charge in [-0.05, 0) is 33.6 Å². The van der Waals surface area contributed by atoms with Crippen molar-refractivity contribution in [3.8, 4) is 11.5 Å². The Balaban J connectivity index is 2.28. The van der Waals surface area contributed by atoms with Crippen LogP contribution in [0.1, 0.15) is 5.56 Å². The summed E-state index contributed by atoms with van der Waals surface area (Å²) in [4.78, 5) is 0. The van der Waals surface area contributed by atoms with Gasteiger partial charge in [-0.1, -0.05) is 0 Å². The van der Waals surface area contributed by atoms with Crippen LogP contribution in [0.15, 0.2) is 27.8 Å². The molecule has 122 valence electrons. The molecule has 0 spiro atoms. The largest absolute Gasteiger partial charge is 0.503 e. The van der Waals surface area contributed by atoms with Crippen LogP contribution in [0.25, 0.3) is 0 Å². The molecule has 0 bridgehead atoms. The first-order valence-electron chi connectivity index (χ1n) is 6.03. The average Bonchev–Trinajstić information content (AvgIpc) is 2.52. The maximum absolute atomic E-state index is 13.4. The van der Waals surface area contributed by atoms with Gasteiger partial charge in [0.25, 0.3) is 0 Å². The van der Waals surface area contributed by atoms with Gasteiger partial charge in [-0.15, -0.1) is 0 Å². The van der Waals surface area contributed by atoms with Crippen LogP contribution in [0.3, 0.4) is 0 Å². The van der Waals surface area contributed by atoms with Gasteiger partial charge in [0.05, 0.1) is 17.8 Å². The summed E-state index contributed by atoms with van der Waals surface area (Å²) in [6, 6.07) is 2.94. The molecule has 0 atom stereocenters. The Bertz CT molecular complexity index is 758. The van der Waals surface area contributed by atoms with E-state index in [1.54, 1.807) is 0 Å². The van der Waals surface area contributed by atoms with Crippen LogP contribution in [0.2, 0.25) is 0 Å². The number of nitrogens with one attached hydrogen (secondary N) is 1. The summed E-state index contributed by atoms with van der Waals surface area (Å²) < 4.78 is 58.2. The molecule has 2 N–H and O–H groups in total. The van der Waals surface area contributed by atoms with E-state index in [1.165, 1.54) is 19.2 Å². The first-order valence-corrected chi connectivity index (χ1v) is 6.83. The van der Waals surface area contributed by atoms with Crippen molar-refractivity contribution >= 4 is 27.8 Å². The Kier molecular flexibility index (Phi) is 5.09. The minimum absolute atomic E-state index is 0.0987. The summed E-state index contributed by atoms with van der Waals surface area (Å²) >= 11 is 3.09. The lowest BCUT2D eigenvalue weighted by atomic mass is 10.2. The number of halogens is 5. The Morgan fingerprint density at radius 3 is 2.30 bits per heavy atom. The van der Waals surface area contributed by atoms with Crippen LogP contribution in [-0.4, -0.2) is 18.4 Å². The number of phenols is 1. The van der Waals surface area contributed by atoms with E-state index in [9.17, 15) is 22.7 Å². The third-order valence-corrected chi connectivity index (χ3v) is 3.38. The van der Waals surface area contributed by atoms with Gasteiger partial charge >= 0.3 is 0 Å². The molecule has 4 nitrogen and oxygen atoms in total. The topological polar surface area (TPSA) is 53.8 Å². The van der Waals surface area contributed by atoms with Gasteiger partial charge in [0.2, 0.25) is 0 Å². The number of ether oxygens (including phenoxy) is 1. The third kappa shape index (κ3) is 3.55. The molecule has 0 saturated carbocycles. The summed E-state index contributed by atoms with van der Waals surface area (Å²) in [5.41, 5.74) is 1.24. The SMILES string of the molecule is COc1cc(/C=N/Nc2c(F)c(F)cc(F)c2F)cc(Br)c1O. The molecule has 0 amide bonds. The minimum atomic E-state index is -1.59. The fourth-order valence-corrected chi connectivity index (χ4v) is 2.13. The van der Waals surface area contributed by atoms with E-state index < -0.39 is 29.0 Å². The lowest BCUT2D eigenvalue weighted by molar-refractivity contribution is 0.372. The molecule has 0 radical (unpaired) electrons. The number of rotatable bonds is 4. The summed E-state index contributed by atoms with van der Waals surface area (Å²) in [6.45, 7) is 0. The van der Waals surface area contributed by atoms with E-state index in [2.05, 4.69) is 21.0 Å². The molecule has 0 aliphatic carbocycles. The van der Waals surface area contributed by atoms with Gasteiger partial charge in [0.15, 0.2) is 34.8 Å². The Morgan fingerprint density at radius 1 is 1.13 bits per heavy atom. The highest BCUT2D eigenvalue weighted by atomic mass is 79.9. The van der Waals surface area contributed by atoms with Crippen LogP contribution < -0.4 is 10.2 Å². The standard InChI is InChI=1S/C14H9BrF4N2O2/c1-23-10-3-6(2-7(15)14(10)22)5-20-21-13-11(18)8(16)4-9(17)12(13)19/h2-5,21-22H,1H3/b20-5+. The average molecular weight is 393 g/mol. The number of nitrogens with zero attached hydrogens (tertiary/aromatic N) is 1. The predicted octanol–water partition coefficient (Wildman–Crippen LogP) is 4.17. The molecule has 0 heterocycles. The molecule has 9 heteroatoms. The fraction of sp³-hybridized carbons (Fsp3) is 0.0714.